The van der Waals surface area contributed by atoms with Crippen molar-refractivity contribution in [3.05, 3.63) is 64.5 Å². The van der Waals surface area contributed by atoms with Crippen LogP contribution in [0.15, 0.2) is 52.7 Å². The second-order valence-corrected chi connectivity index (χ2v) is 8.79. The number of benzene rings is 2. The van der Waals surface area contributed by atoms with Crippen LogP contribution in [0, 0.1) is 6.92 Å². The minimum absolute atomic E-state index is 0.0214. The first-order valence-electron chi connectivity index (χ1n) is 9.24. The van der Waals surface area contributed by atoms with Gasteiger partial charge >= 0.3 is 0 Å². The van der Waals surface area contributed by atoms with E-state index in [-0.39, 0.29) is 5.91 Å². The van der Waals surface area contributed by atoms with Crippen molar-refractivity contribution in [3.8, 4) is 11.3 Å². The number of hydrogen-bond donors (Lipinski definition) is 1. The third-order valence-corrected chi connectivity index (χ3v) is 6.56. The van der Waals surface area contributed by atoms with E-state index < -0.39 is 0 Å². The quantitative estimate of drug-likeness (QED) is 0.562. The highest BCUT2D eigenvalue weighted by Crippen LogP contribution is 2.29. The van der Waals surface area contributed by atoms with Crippen molar-refractivity contribution in [1.82, 2.24) is 4.98 Å². The number of hydrogen-bond acceptors (Lipinski definition) is 4. The summed E-state index contributed by atoms with van der Waals surface area (Å²) in [6.45, 7) is 2.06. The SMILES string of the molecule is Cc1ccc(SCC(=O)Nc2nc(-c3ccc4c(c3)CCCC4)cs2)cc1. The van der Waals surface area contributed by atoms with Gasteiger partial charge < -0.3 is 5.32 Å². The molecule has 1 aliphatic carbocycles. The molecule has 1 aliphatic rings. The Kier molecular flexibility index (Phi) is 5.60. The Bertz CT molecular complexity index is 947. The maximum atomic E-state index is 12.2. The summed E-state index contributed by atoms with van der Waals surface area (Å²) in [6.07, 6.45) is 4.91. The molecule has 5 heteroatoms. The molecule has 0 saturated carbocycles. The topological polar surface area (TPSA) is 42.0 Å². The molecule has 0 atom stereocenters. The van der Waals surface area contributed by atoms with Crippen LogP contribution < -0.4 is 5.32 Å². The van der Waals surface area contributed by atoms with Crippen LogP contribution in [-0.4, -0.2) is 16.6 Å². The number of thiazole rings is 1. The zero-order chi connectivity index (χ0) is 18.6. The number of thioether (sulfide) groups is 1. The van der Waals surface area contributed by atoms with Crippen LogP contribution in [0.4, 0.5) is 5.13 Å². The first-order valence-corrected chi connectivity index (χ1v) is 11.1. The van der Waals surface area contributed by atoms with Gasteiger partial charge in [0.1, 0.15) is 0 Å². The number of nitrogens with one attached hydrogen (secondary N) is 1. The van der Waals surface area contributed by atoms with Crippen molar-refractivity contribution in [1.29, 1.82) is 0 Å². The molecule has 1 heterocycles. The van der Waals surface area contributed by atoms with Gasteiger partial charge in [0.2, 0.25) is 5.91 Å². The Morgan fingerprint density at radius 3 is 2.70 bits per heavy atom. The molecule has 0 saturated heterocycles. The number of aryl methyl sites for hydroxylation is 3. The summed E-state index contributed by atoms with van der Waals surface area (Å²) in [5.74, 6) is 0.364. The van der Waals surface area contributed by atoms with Crippen LogP contribution in [0.2, 0.25) is 0 Å². The van der Waals surface area contributed by atoms with Crippen LogP contribution in [0.25, 0.3) is 11.3 Å². The number of rotatable bonds is 5. The van der Waals surface area contributed by atoms with E-state index in [1.165, 1.54) is 59.1 Å². The zero-order valence-electron chi connectivity index (χ0n) is 15.3. The summed E-state index contributed by atoms with van der Waals surface area (Å²) in [5, 5.41) is 5.61. The first kappa shape index (κ1) is 18.3. The average molecular weight is 395 g/mol. The van der Waals surface area contributed by atoms with Gasteiger partial charge in [0.25, 0.3) is 0 Å². The summed E-state index contributed by atoms with van der Waals surface area (Å²) >= 11 is 3.02. The molecule has 0 aliphatic heterocycles. The van der Waals surface area contributed by atoms with E-state index in [2.05, 4.69) is 47.6 Å². The number of anilines is 1. The number of aromatic nitrogens is 1. The van der Waals surface area contributed by atoms with Crippen molar-refractivity contribution < 1.29 is 4.79 Å². The van der Waals surface area contributed by atoms with E-state index in [1.54, 1.807) is 0 Å². The Morgan fingerprint density at radius 2 is 1.89 bits per heavy atom. The first-order chi connectivity index (χ1) is 13.2. The summed E-state index contributed by atoms with van der Waals surface area (Å²) < 4.78 is 0. The van der Waals surface area contributed by atoms with E-state index in [9.17, 15) is 4.79 Å². The third kappa shape index (κ3) is 4.60. The standard InChI is InChI=1S/C22H22N2OS2/c1-15-6-10-19(11-7-15)26-14-21(25)24-22-23-20(13-27-22)18-9-8-16-4-2-3-5-17(16)12-18/h6-13H,2-5,14H2,1H3,(H,23,24,25). The van der Waals surface area contributed by atoms with Gasteiger partial charge in [-0.25, -0.2) is 4.98 Å². The predicted octanol–water partition coefficient (Wildman–Crippen LogP) is 5.73. The molecule has 1 N–H and O–H groups in total. The molecule has 0 spiro atoms. The van der Waals surface area contributed by atoms with Crippen LogP contribution in [-0.2, 0) is 17.6 Å². The molecule has 0 fully saturated rings. The number of nitrogens with zero attached hydrogens (tertiary/aromatic N) is 1. The molecule has 1 aromatic heterocycles. The largest absolute Gasteiger partial charge is 0.301 e. The molecule has 0 bridgehead atoms. The second-order valence-electron chi connectivity index (χ2n) is 6.88. The molecule has 138 valence electrons. The van der Waals surface area contributed by atoms with Gasteiger partial charge in [-0.3, -0.25) is 4.79 Å². The molecule has 2 aromatic carbocycles. The van der Waals surface area contributed by atoms with E-state index >= 15 is 0 Å². The van der Waals surface area contributed by atoms with Crippen molar-refractivity contribution in [2.75, 3.05) is 11.1 Å². The van der Waals surface area contributed by atoms with Crippen molar-refractivity contribution in [3.63, 3.8) is 0 Å². The lowest BCUT2D eigenvalue weighted by Gasteiger charge is -2.16. The summed E-state index contributed by atoms with van der Waals surface area (Å²) in [7, 11) is 0. The van der Waals surface area contributed by atoms with E-state index in [4.69, 9.17) is 0 Å². The predicted molar refractivity (Wildman–Crippen MR) is 115 cm³/mol. The van der Waals surface area contributed by atoms with Gasteiger partial charge in [-0.2, -0.15) is 0 Å². The van der Waals surface area contributed by atoms with Crippen molar-refractivity contribution >= 4 is 34.1 Å². The Hall–Kier alpha value is -2.11. The molecular weight excluding hydrogens is 372 g/mol. The molecule has 0 radical (unpaired) electrons. The van der Waals surface area contributed by atoms with E-state index in [1.807, 2.05) is 17.5 Å². The van der Waals surface area contributed by atoms with Crippen LogP contribution in [0.5, 0.6) is 0 Å². The van der Waals surface area contributed by atoms with Crippen LogP contribution in [0.3, 0.4) is 0 Å². The lowest BCUT2D eigenvalue weighted by Crippen LogP contribution is -2.13. The van der Waals surface area contributed by atoms with Crippen LogP contribution >= 0.6 is 23.1 Å². The average Bonchev–Trinajstić information content (AvgIpc) is 3.15. The van der Waals surface area contributed by atoms with Gasteiger partial charge in [-0.15, -0.1) is 23.1 Å². The summed E-state index contributed by atoms with van der Waals surface area (Å²) in [4.78, 5) is 17.9. The fourth-order valence-electron chi connectivity index (χ4n) is 3.30. The highest BCUT2D eigenvalue weighted by molar-refractivity contribution is 8.00. The zero-order valence-corrected chi connectivity index (χ0v) is 17.0. The minimum Gasteiger partial charge on any atom is -0.301 e. The summed E-state index contributed by atoms with van der Waals surface area (Å²) in [6, 6.07) is 14.9. The molecule has 27 heavy (non-hydrogen) atoms. The Balaban J connectivity index is 1.37. The second kappa shape index (κ2) is 8.28. The smallest absolute Gasteiger partial charge is 0.236 e. The lowest BCUT2D eigenvalue weighted by molar-refractivity contribution is -0.113. The molecule has 0 unspecified atom stereocenters. The monoisotopic (exact) mass is 394 g/mol. The fourth-order valence-corrected chi connectivity index (χ4v) is 4.73. The number of fused-ring (bicyclic) bond motifs is 1. The number of amides is 1. The maximum Gasteiger partial charge on any atom is 0.236 e. The molecule has 3 aromatic rings. The lowest BCUT2D eigenvalue weighted by atomic mass is 9.90. The van der Waals surface area contributed by atoms with Crippen molar-refractivity contribution in [2.45, 2.75) is 37.5 Å². The summed E-state index contributed by atoms with van der Waals surface area (Å²) in [5.41, 5.74) is 6.23. The van der Waals surface area contributed by atoms with Gasteiger partial charge in [-0.05, 0) is 61.9 Å². The van der Waals surface area contributed by atoms with Gasteiger partial charge in [0, 0.05) is 15.8 Å². The highest BCUT2D eigenvalue weighted by atomic mass is 32.2. The van der Waals surface area contributed by atoms with Gasteiger partial charge in [-0.1, -0.05) is 29.8 Å². The highest BCUT2D eigenvalue weighted by Gasteiger charge is 2.13. The molecular formula is C22H22N2OS2. The number of carbonyl (C=O) groups excluding carboxylic acids is 1. The number of carbonyl (C=O) groups is 1. The van der Waals surface area contributed by atoms with Crippen LogP contribution in [0.1, 0.15) is 29.5 Å². The van der Waals surface area contributed by atoms with Gasteiger partial charge in [0.05, 0.1) is 11.4 Å². The molecule has 3 nitrogen and oxygen atoms in total. The van der Waals surface area contributed by atoms with Gasteiger partial charge in [0.15, 0.2) is 5.13 Å². The normalized spacial score (nSPS) is 13.2. The van der Waals surface area contributed by atoms with Crippen molar-refractivity contribution in [2.24, 2.45) is 0 Å². The Morgan fingerprint density at radius 1 is 1.11 bits per heavy atom. The van der Waals surface area contributed by atoms with E-state index in [0.29, 0.717) is 10.9 Å². The minimum atomic E-state index is -0.0214. The maximum absolute atomic E-state index is 12.2. The molecule has 4 rings (SSSR count). The fraction of sp³-hybridized carbons (Fsp3) is 0.273. The van der Waals surface area contributed by atoms with E-state index in [0.717, 1.165) is 22.6 Å². The Labute approximate surface area is 168 Å². The third-order valence-electron chi connectivity index (χ3n) is 4.79. The molecule has 1 amide bonds.